The van der Waals surface area contributed by atoms with Crippen molar-refractivity contribution in [3.8, 4) is 5.75 Å². The Bertz CT molecular complexity index is 896. The number of nitrogen functional groups attached to an aromatic ring is 1. The van der Waals surface area contributed by atoms with Gasteiger partial charge in [0.15, 0.2) is 11.6 Å². The molecule has 1 aromatic carbocycles. The maximum absolute atomic E-state index is 13.4. The van der Waals surface area contributed by atoms with Gasteiger partial charge in [0.1, 0.15) is 18.0 Å². The molecule has 29 heavy (non-hydrogen) atoms. The van der Waals surface area contributed by atoms with Gasteiger partial charge in [0, 0.05) is 5.56 Å². The Morgan fingerprint density at radius 1 is 1.17 bits per heavy atom. The van der Waals surface area contributed by atoms with Crippen molar-refractivity contribution < 1.29 is 19.1 Å². The smallest absolute Gasteiger partial charge is 0.329 e. The number of hydrogen-bond acceptors (Lipinski definition) is 6. The molecule has 7 heteroatoms. The Labute approximate surface area is 169 Å². The van der Waals surface area contributed by atoms with Crippen LogP contribution in [0, 0.1) is 0 Å². The van der Waals surface area contributed by atoms with Crippen LogP contribution in [0.15, 0.2) is 42.5 Å². The number of carbonyl (C=O) groups excluding carboxylic acids is 2. The fourth-order valence-electron chi connectivity index (χ4n) is 3.89. The fraction of sp³-hybridized carbons (Fsp3) is 0.409. The number of rotatable bonds is 4. The zero-order valence-corrected chi connectivity index (χ0v) is 16.4. The Hall–Kier alpha value is -3.09. The van der Waals surface area contributed by atoms with Crippen LogP contribution >= 0.6 is 0 Å². The first-order valence-electron chi connectivity index (χ1n) is 10.1. The molecular formula is C22H25N3O4. The molecule has 1 fully saturated rings. The van der Waals surface area contributed by atoms with Gasteiger partial charge in [-0.25, -0.2) is 9.78 Å². The van der Waals surface area contributed by atoms with Crippen molar-refractivity contribution in [1.29, 1.82) is 0 Å². The Morgan fingerprint density at radius 2 is 1.90 bits per heavy atom. The highest BCUT2D eigenvalue weighted by Gasteiger charge is 2.42. The molecule has 2 aromatic rings. The second-order valence-corrected chi connectivity index (χ2v) is 7.55. The minimum absolute atomic E-state index is 0.0898. The lowest BCUT2D eigenvalue weighted by Crippen LogP contribution is -2.50. The van der Waals surface area contributed by atoms with E-state index in [9.17, 15) is 9.59 Å². The average Bonchev–Trinajstić information content (AvgIpc) is 2.74. The molecule has 4 rings (SSSR count). The first-order chi connectivity index (χ1) is 14.0. The quantitative estimate of drug-likeness (QED) is 0.798. The van der Waals surface area contributed by atoms with E-state index in [1.54, 1.807) is 19.1 Å². The molecule has 2 unspecified atom stereocenters. The van der Waals surface area contributed by atoms with Crippen LogP contribution in [-0.2, 0) is 14.3 Å². The predicted molar refractivity (Wildman–Crippen MR) is 108 cm³/mol. The third kappa shape index (κ3) is 3.90. The molecule has 2 atom stereocenters. The maximum atomic E-state index is 13.4. The zero-order chi connectivity index (χ0) is 20.4. The third-order valence-electron chi connectivity index (χ3n) is 5.46. The molecule has 0 spiro atoms. The zero-order valence-electron chi connectivity index (χ0n) is 16.4. The highest BCUT2D eigenvalue weighted by atomic mass is 16.5. The van der Waals surface area contributed by atoms with Gasteiger partial charge in [-0.15, -0.1) is 0 Å². The van der Waals surface area contributed by atoms with Gasteiger partial charge in [-0.3, -0.25) is 9.69 Å². The van der Waals surface area contributed by atoms with Crippen LogP contribution in [0.1, 0.15) is 50.7 Å². The molecule has 2 heterocycles. The number of amides is 1. The van der Waals surface area contributed by atoms with Crippen molar-refractivity contribution in [2.45, 2.75) is 57.3 Å². The van der Waals surface area contributed by atoms with Gasteiger partial charge >= 0.3 is 5.97 Å². The summed E-state index contributed by atoms with van der Waals surface area (Å²) in [5, 5.41) is 0. The van der Waals surface area contributed by atoms with Crippen LogP contribution in [0.2, 0.25) is 0 Å². The number of fused-ring (bicyclic) bond motifs is 1. The number of pyridine rings is 1. The van der Waals surface area contributed by atoms with Crippen molar-refractivity contribution >= 4 is 23.5 Å². The lowest BCUT2D eigenvalue weighted by molar-refractivity contribution is -0.153. The molecule has 1 saturated carbocycles. The van der Waals surface area contributed by atoms with Crippen LogP contribution in [0.25, 0.3) is 0 Å². The number of nitrogens with zero attached hydrogens (tertiary/aromatic N) is 2. The molecule has 0 radical (unpaired) electrons. The minimum atomic E-state index is -0.862. The first-order valence-corrected chi connectivity index (χ1v) is 10.1. The number of hydrogen-bond donors (Lipinski definition) is 1. The lowest BCUT2D eigenvalue weighted by atomic mass is 9.98. The van der Waals surface area contributed by atoms with Crippen LogP contribution in [0.5, 0.6) is 5.75 Å². The highest BCUT2D eigenvalue weighted by molar-refractivity contribution is 6.04. The van der Waals surface area contributed by atoms with Gasteiger partial charge in [-0.2, -0.15) is 0 Å². The second-order valence-electron chi connectivity index (χ2n) is 7.55. The van der Waals surface area contributed by atoms with Gasteiger partial charge in [-0.1, -0.05) is 36.8 Å². The summed E-state index contributed by atoms with van der Waals surface area (Å²) in [6, 6.07) is 11.6. The topological polar surface area (TPSA) is 94.8 Å². The van der Waals surface area contributed by atoms with Gasteiger partial charge in [-0.05, 0) is 44.7 Å². The van der Waals surface area contributed by atoms with Crippen molar-refractivity contribution in [1.82, 2.24) is 4.98 Å². The van der Waals surface area contributed by atoms with Crippen molar-refractivity contribution in [3.05, 3.63) is 48.0 Å². The van der Waals surface area contributed by atoms with Crippen LogP contribution < -0.4 is 15.4 Å². The summed E-state index contributed by atoms with van der Waals surface area (Å²) >= 11 is 0. The molecule has 1 aliphatic carbocycles. The van der Waals surface area contributed by atoms with Crippen LogP contribution in [0.3, 0.4) is 0 Å². The molecular weight excluding hydrogens is 370 g/mol. The van der Waals surface area contributed by atoms with Crippen LogP contribution in [-0.4, -0.2) is 29.0 Å². The summed E-state index contributed by atoms with van der Waals surface area (Å²) in [6.07, 6.45) is 4.06. The molecule has 1 amide bonds. The number of benzene rings is 1. The van der Waals surface area contributed by atoms with Gasteiger partial charge in [0.25, 0.3) is 5.91 Å². The summed E-state index contributed by atoms with van der Waals surface area (Å²) in [4.78, 5) is 31.9. The van der Waals surface area contributed by atoms with Gasteiger partial charge < -0.3 is 15.2 Å². The summed E-state index contributed by atoms with van der Waals surface area (Å²) in [7, 11) is 0. The molecule has 0 bridgehead atoms. The minimum Gasteiger partial charge on any atom is -0.472 e. The number of esters is 1. The molecule has 7 nitrogen and oxygen atoms in total. The van der Waals surface area contributed by atoms with E-state index < -0.39 is 18.1 Å². The maximum Gasteiger partial charge on any atom is 0.329 e. The summed E-state index contributed by atoms with van der Waals surface area (Å²) < 4.78 is 11.6. The molecule has 1 aliphatic heterocycles. The van der Waals surface area contributed by atoms with E-state index in [4.69, 9.17) is 15.2 Å². The molecule has 2 aliphatic rings. The van der Waals surface area contributed by atoms with E-state index in [-0.39, 0.29) is 23.6 Å². The monoisotopic (exact) mass is 395 g/mol. The van der Waals surface area contributed by atoms with E-state index in [0.29, 0.717) is 11.3 Å². The molecule has 1 aromatic heterocycles. The van der Waals surface area contributed by atoms with E-state index in [1.807, 2.05) is 30.3 Å². The molecule has 152 valence electrons. The number of aromatic nitrogens is 1. The first kappa shape index (κ1) is 19.2. The summed E-state index contributed by atoms with van der Waals surface area (Å²) in [5.74, 6) is 0.0976. The van der Waals surface area contributed by atoms with Gasteiger partial charge in [0.2, 0.25) is 6.10 Å². The SMILES string of the molecule is CC(C(=O)OC1CCCCC1)N1C(=O)C(c2ccccc2)Oc2ccc(N)nc21. The fourth-order valence-corrected chi connectivity index (χ4v) is 3.89. The Kier molecular flexibility index (Phi) is 5.38. The van der Waals surface area contributed by atoms with Crippen molar-refractivity contribution in [3.63, 3.8) is 0 Å². The number of carbonyl (C=O) groups is 2. The molecule has 0 saturated heterocycles. The van der Waals surface area contributed by atoms with Crippen molar-refractivity contribution in [2.75, 3.05) is 10.6 Å². The van der Waals surface area contributed by atoms with Crippen molar-refractivity contribution in [2.24, 2.45) is 0 Å². The van der Waals surface area contributed by atoms with Gasteiger partial charge in [0.05, 0.1) is 0 Å². The Balaban J connectivity index is 1.64. The molecule has 2 N–H and O–H groups in total. The van der Waals surface area contributed by atoms with E-state index in [1.165, 1.54) is 11.3 Å². The highest BCUT2D eigenvalue weighted by Crippen LogP contribution is 2.39. The summed E-state index contributed by atoms with van der Waals surface area (Å²) in [6.45, 7) is 1.66. The van der Waals surface area contributed by atoms with E-state index in [0.717, 1.165) is 25.7 Å². The lowest BCUT2D eigenvalue weighted by Gasteiger charge is -2.36. The average molecular weight is 395 g/mol. The second kappa shape index (κ2) is 8.11. The normalized spacial score (nSPS) is 20.5. The standard InChI is InChI=1S/C22H25N3O4/c1-14(22(27)28-16-10-6-3-7-11-16)25-20-17(12-13-18(23)24-20)29-19(21(25)26)15-8-4-2-5-9-15/h2,4-5,8-9,12-14,16,19H,3,6-7,10-11H2,1H3,(H2,23,24). The number of nitrogens with two attached hydrogens (primary N) is 1. The van der Waals surface area contributed by atoms with E-state index >= 15 is 0 Å². The van der Waals surface area contributed by atoms with E-state index in [2.05, 4.69) is 4.98 Å². The number of ether oxygens (including phenoxy) is 2. The Morgan fingerprint density at radius 3 is 2.62 bits per heavy atom. The predicted octanol–water partition coefficient (Wildman–Crippen LogP) is 3.39. The van der Waals surface area contributed by atoms with Crippen LogP contribution in [0.4, 0.5) is 11.6 Å². The number of anilines is 2. The summed E-state index contributed by atoms with van der Waals surface area (Å²) in [5.41, 5.74) is 6.55. The largest absolute Gasteiger partial charge is 0.472 e. The third-order valence-corrected chi connectivity index (χ3v) is 5.46.